The molecule has 1 saturated heterocycles. The van der Waals surface area contributed by atoms with Gasteiger partial charge in [-0.1, -0.05) is 31.2 Å². The van der Waals surface area contributed by atoms with E-state index in [0.29, 0.717) is 48.9 Å². The standard InChI is InChI=1S/C23H26F3N5OS/c1-2-3-10-31-19-8-7-17(23(24,25)26)15-18(19)28-22(31)33-16-21(32)30-13-11-29(12-14-30)20-6-4-5-9-27-20/h4-9,15H,2-3,10-14,16H2,1H3. The van der Waals surface area contributed by atoms with Crippen LogP contribution in [0.2, 0.25) is 0 Å². The average Bonchev–Trinajstić information content (AvgIpc) is 3.18. The molecule has 0 spiro atoms. The molecule has 0 aliphatic carbocycles. The SMILES string of the molecule is CCCCn1c(SCC(=O)N2CCN(c3ccccn3)CC2)nc2cc(C(F)(F)F)ccc21. The average molecular weight is 478 g/mol. The summed E-state index contributed by atoms with van der Waals surface area (Å²) >= 11 is 1.29. The van der Waals surface area contributed by atoms with E-state index >= 15 is 0 Å². The molecular formula is C23H26F3N5OS. The van der Waals surface area contributed by atoms with E-state index in [9.17, 15) is 18.0 Å². The van der Waals surface area contributed by atoms with Crippen LogP contribution in [0.1, 0.15) is 25.3 Å². The number of carbonyl (C=O) groups is 1. The van der Waals surface area contributed by atoms with Crippen molar-refractivity contribution in [3.05, 3.63) is 48.2 Å². The Hall–Kier alpha value is -2.75. The highest BCUT2D eigenvalue weighted by atomic mass is 32.2. The zero-order valence-electron chi connectivity index (χ0n) is 18.4. The third-order valence-corrected chi connectivity index (χ3v) is 6.67. The summed E-state index contributed by atoms with van der Waals surface area (Å²) < 4.78 is 41.3. The van der Waals surface area contributed by atoms with Crippen molar-refractivity contribution in [2.75, 3.05) is 36.8 Å². The van der Waals surface area contributed by atoms with Gasteiger partial charge in [-0.3, -0.25) is 4.79 Å². The van der Waals surface area contributed by atoms with Gasteiger partial charge in [0.15, 0.2) is 5.16 Å². The van der Waals surface area contributed by atoms with Crippen molar-refractivity contribution in [1.82, 2.24) is 19.4 Å². The smallest absolute Gasteiger partial charge is 0.353 e. The second kappa shape index (κ2) is 10.0. The van der Waals surface area contributed by atoms with Gasteiger partial charge in [-0.2, -0.15) is 13.2 Å². The third kappa shape index (κ3) is 5.43. The molecule has 3 aromatic rings. The van der Waals surface area contributed by atoms with Gasteiger partial charge in [-0.25, -0.2) is 9.97 Å². The van der Waals surface area contributed by atoms with Crippen LogP contribution in [0.5, 0.6) is 0 Å². The fraction of sp³-hybridized carbons (Fsp3) is 0.435. The van der Waals surface area contributed by atoms with Gasteiger partial charge < -0.3 is 14.4 Å². The first-order valence-electron chi connectivity index (χ1n) is 11.0. The van der Waals surface area contributed by atoms with Gasteiger partial charge in [0.1, 0.15) is 5.82 Å². The Morgan fingerprint density at radius 1 is 1.12 bits per heavy atom. The number of benzene rings is 1. The minimum atomic E-state index is -4.41. The fourth-order valence-corrected chi connectivity index (χ4v) is 4.81. The zero-order chi connectivity index (χ0) is 23.4. The molecule has 0 N–H and O–H groups in total. The quantitative estimate of drug-likeness (QED) is 0.462. The molecule has 1 aliphatic rings. The fourth-order valence-electron chi connectivity index (χ4n) is 3.87. The van der Waals surface area contributed by atoms with Gasteiger partial charge in [0.05, 0.1) is 22.3 Å². The lowest BCUT2D eigenvalue weighted by molar-refractivity contribution is -0.137. The Morgan fingerprint density at radius 3 is 2.58 bits per heavy atom. The molecule has 3 heterocycles. The number of hydrogen-bond acceptors (Lipinski definition) is 5. The van der Waals surface area contributed by atoms with Gasteiger partial charge >= 0.3 is 6.18 Å². The molecular weight excluding hydrogens is 451 g/mol. The van der Waals surface area contributed by atoms with Gasteiger partial charge in [0, 0.05) is 38.9 Å². The molecule has 0 saturated carbocycles. The molecule has 6 nitrogen and oxygen atoms in total. The van der Waals surface area contributed by atoms with Crippen molar-refractivity contribution in [2.45, 2.75) is 37.6 Å². The topological polar surface area (TPSA) is 54.3 Å². The number of alkyl halides is 3. The lowest BCUT2D eigenvalue weighted by Crippen LogP contribution is -2.49. The lowest BCUT2D eigenvalue weighted by atomic mass is 10.2. The molecule has 1 amide bonds. The van der Waals surface area contributed by atoms with E-state index in [1.165, 1.54) is 17.8 Å². The van der Waals surface area contributed by atoms with E-state index in [2.05, 4.69) is 21.8 Å². The third-order valence-electron chi connectivity index (χ3n) is 5.71. The number of imidazole rings is 1. The number of hydrogen-bond donors (Lipinski definition) is 0. The first-order chi connectivity index (χ1) is 15.9. The largest absolute Gasteiger partial charge is 0.416 e. The number of carbonyl (C=O) groups excluding carboxylic acids is 1. The van der Waals surface area contributed by atoms with Crippen molar-refractivity contribution in [2.24, 2.45) is 0 Å². The zero-order valence-corrected chi connectivity index (χ0v) is 19.2. The van der Waals surface area contributed by atoms with Crippen LogP contribution >= 0.6 is 11.8 Å². The van der Waals surface area contributed by atoms with E-state index < -0.39 is 11.7 Å². The van der Waals surface area contributed by atoms with E-state index in [0.717, 1.165) is 30.8 Å². The molecule has 0 radical (unpaired) electrons. The number of aryl methyl sites for hydroxylation is 1. The number of anilines is 1. The number of rotatable bonds is 7. The van der Waals surface area contributed by atoms with Gasteiger partial charge in [-0.15, -0.1) is 0 Å². The Kier molecular flexibility index (Phi) is 7.11. The molecule has 33 heavy (non-hydrogen) atoms. The van der Waals surface area contributed by atoms with E-state index in [4.69, 9.17) is 0 Å². The van der Waals surface area contributed by atoms with Crippen molar-refractivity contribution >= 4 is 34.5 Å². The van der Waals surface area contributed by atoms with Crippen LogP contribution in [0.4, 0.5) is 19.0 Å². The van der Waals surface area contributed by atoms with Gasteiger partial charge in [0.2, 0.25) is 5.91 Å². The van der Waals surface area contributed by atoms with Crippen LogP contribution in [0.3, 0.4) is 0 Å². The van der Waals surface area contributed by atoms with Crippen LogP contribution in [0.25, 0.3) is 11.0 Å². The molecule has 176 valence electrons. The first-order valence-corrected chi connectivity index (χ1v) is 12.0. The summed E-state index contributed by atoms with van der Waals surface area (Å²) in [6.07, 6.45) is -0.832. The number of unbranched alkanes of at least 4 members (excludes halogenated alkanes) is 1. The van der Waals surface area contributed by atoms with Crippen LogP contribution in [0, 0.1) is 0 Å². The number of amides is 1. The molecule has 0 atom stereocenters. The van der Waals surface area contributed by atoms with Crippen molar-refractivity contribution in [3.63, 3.8) is 0 Å². The van der Waals surface area contributed by atoms with Crippen LogP contribution in [-0.4, -0.2) is 57.3 Å². The molecule has 2 aromatic heterocycles. The van der Waals surface area contributed by atoms with Crippen molar-refractivity contribution < 1.29 is 18.0 Å². The van der Waals surface area contributed by atoms with E-state index in [1.807, 2.05) is 27.7 Å². The highest BCUT2D eigenvalue weighted by Crippen LogP contribution is 2.33. The van der Waals surface area contributed by atoms with Gasteiger partial charge in [0.25, 0.3) is 0 Å². The summed E-state index contributed by atoms with van der Waals surface area (Å²) in [5.41, 5.74) is 0.253. The second-order valence-corrected chi connectivity index (χ2v) is 8.89. The normalized spacial score (nSPS) is 14.8. The molecule has 10 heteroatoms. The highest BCUT2D eigenvalue weighted by Gasteiger charge is 2.31. The minimum Gasteiger partial charge on any atom is -0.353 e. The maximum atomic E-state index is 13.1. The number of fused-ring (bicyclic) bond motifs is 1. The summed E-state index contributed by atoms with van der Waals surface area (Å²) in [5.74, 6) is 1.11. The highest BCUT2D eigenvalue weighted by molar-refractivity contribution is 7.99. The Morgan fingerprint density at radius 2 is 1.91 bits per heavy atom. The Labute approximate surface area is 194 Å². The molecule has 1 aromatic carbocycles. The number of halogens is 3. The number of pyridine rings is 1. The Bertz CT molecular complexity index is 1090. The number of piperazine rings is 1. The van der Waals surface area contributed by atoms with E-state index in [-0.39, 0.29) is 11.7 Å². The van der Waals surface area contributed by atoms with Crippen LogP contribution < -0.4 is 4.90 Å². The van der Waals surface area contributed by atoms with Crippen LogP contribution in [0.15, 0.2) is 47.8 Å². The number of nitrogens with zero attached hydrogens (tertiary/aromatic N) is 5. The number of aromatic nitrogens is 3. The predicted molar refractivity (Wildman–Crippen MR) is 123 cm³/mol. The first kappa shape index (κ1) is 23.4. The maximum Gasteiger partial charge on any atom is 0.416 e. The van der Waals surface area contributed by atoms with Crippen molar-refractivity contribution in [1.29, 1.82) is 0 Å². The predicted octanol–water partition coefficient (Wildman–Crippen LogP) is 4.69. The van der Waals surface area contributed by atoms with E-state index in [1.54, 1.807) is 6.20 Å². The molecule has 1 aliphatic heterocycles. The molecule has 0 unspecified atom stereocenters. The second-order valence-electron chi connectivity index (χ2n) is 7.95. The summed E-state index contributed by atoms with van der Waals surface area (Å²) in [6, 6.07) is 9.42. The number of thioether (sulfide) groups is 1. The summed E-state index contributed by atoms with van der Waals surface area (Å²) in [5, 5.41) is 0.582. The molecule has 4 rings (SSSR count). The summed E-state index contributed by atoms with van der Waals surface area (Å²) in [7, 11) is 0. The van der Waals surface area contributed by atoms with Crippen molar-refractivity contribution in [3.8, 4) is 0 Å². The summed E-state index contributed by atoms with van der Waals surface area (Å²) in [6.45, 7) is 5.35. The Balaban J connectivity index is 1.43. The van der Waals surface area contributed by atoms with Crippen LogP contribution in [-0.2, 0) is 17.5 Å². The molecule has 1 fully saturated rings. The monoisotopic (exact) mass is 477 g/mol. The maximum absolute atomic E-state index is 13.1. The minimum absolute atomic E-state index is 0.00532. The summed E-state index contributed by atoms with van der Waals surface area (Å²) in [4.78, 5) is 25.6. The lowest BCUT2D eigenvalue weighted by Gasteiger charge is -2.35. The molecule has 0 bridgehead atoms. The van der Waals surface area contributed by atoms with Gasteiger partial charge in [-0.05, 0) is 36.8 Å².